The van der Waals surface area contributed by atoms with Gasteiger partial charge in [0, 0.05) is 44.6 Å². The van der Waals surface area contributed by atoms with Crippen molar-refractivity contribution < 1.29 is 14.3 Å². The van der Waals surface area contributed by atoms with Gasteiger partial charge in [-0.1, -0.05) is 24.3 Å². The molecular weight excluding hydrogens is 366 g/mol. The van der Waals surface area contributed by atoms with E-state index in [-0.39, 0.29) is 24.0 Å². The van der Waals surface area contributed by atoms with Crippen molar-refractivity contribution in [1.82, 2.24) is 14.7 Å². The molecule has 0 bridgehead atoms. The molecule has 29 heavy (non-hydrogen) atoms. The van der Waals surface area contributed by atoms with Crippen LogP contribution in [0, 0.1) is 0 Å². The van der Waals surface area contributed by atoms with E-state index in [1.54, 1.807) is 4.90 Å². The Hall–Kier alpha value is -2.34. The maximum absolute atomic E-state index is 13.2. The van der Waals surface area contributed by atoms with Gasteiger partial charge in [-0.15, -0.1) is 6.58 Å². The zero-order valence-electron chi connectivity index (χ0n) is 17.1. The number of amides is 2. The first kappa shape index (κ1) is 20.0. The van der Waals surface area contributed by atoms with E-state index in [2.05, 4.69) is 11.5 Å². The summed E-state index contributed by atoms with van der Waals surface area (Å²) in [5, 5.41) is 0. The molecule has 6 heteroatoms. The zero-order chi connectivity index (χ0) is 20.3. The van der Waals surface area contributed by atoms with Crippen LogP contribution in [-0.4, -0.2) is 71.4 Å². The number of hydrogen-bond acceptors (Lipinski definition) is 4. The second-order valence-corrected chi connectivity index (χ2v) is 8.50. The topological polar surface area (TPSA) is 53.1 Å². The average molecular weight is 398 g/mol. The smallest absolute Gasteiger partial charge is 0.242 e. The van der Waals surface area contributed by atoms with Crippen LogP contribution in [0.15, 0.2) is 36.9 Å². The second kappa shape index (κ2) is 8.57. The first-order valence-corrected chi connectivity index (χ1v) is 10.7. The molecule has 1 atom stereocenters. The minimum Gasteiger partial charge on any atom is -0.485 e. The highest BCUT2D eigenvalue weighted by Gasteiger charge is 2.40. The number of nitrogens with zero attached hydrogens (tertiary/aromatic N) is 3. The highest BCUT2D eigenvalue weighted by atomic mass is 16.5. The number of hydrogen-bond donors (Lipinski definition) is 0. The summed E-state index contributed by atoms with van der Waals surface area (Å²) < 4.78 is 6.64. The third-order valence-electron chi connectivity index (χ3n) is 6.37. The summed E-state index contributed by atoms with van der Waals surface area (Å²) in [5.74, 6) is 0.999. The molecule has 0 radical (unpaired) electrons. The molecule has 1 spiro atoms. The van der Waals surface area contributed by atoms with Gasteiger partial charge in [0.15, 0.2) is 0 Å². The Labute approximate surface area is 173 Å². The van der Waals surface area contributed by atoms with Crippen molar-refractivity contribution in [2.75, 3.05) is 39.3 Å². The van der Waals surface area contributed by atoms with E-state index in [1.807, 2.05) is 35.2 Å². The van der Waals surface area contributed by atoms with E-state index < -0.39 is 0 Å². The first-order valence-electron chi connectivity index (χ1n) is 10.7. The minimum atomic E-state index is -0.382. The predicted octanol–water partition coefficient (Wildman–Crippen LogP) is 2.44. The van der Waals surface area contributed by atoms with E-state index in [4.69, 9.17) is 4.74 Å². The molecule has 2 amide bonds. The van der Waals surface area contributed by atoms with Gasteiger partial charge < -0.3 is 14.5 Å². The van der Waals surface area contributed by atoms with Crippen LogP contribution >= 0.6 is 0 Å². The second-order valence-electron chi connectivity index (χ2n) is 8.50. The Bertz CT molecular complexity index is 780. The van der Waals surface area contributed by atoms with Crippen LogP contribution < -0.4 is 4.74 Å². The summed E-state index contributed by atoms with van der Waals surface area (Å²) in [6.07, 6.45) is 6.18. The van der Waals surface area contributed by atoms with Crippen molar-refractivity contribution in [1.29, 1.82) is 0 Å². The standard InChI is InChI=1S/C23H31N3O3/c1-2-12-24-13-6-10-23(11-15-24)18-26(16-19-7-3-4-8-20(19)29-23)22(28)17-25-14-5-9-21(25)27/h2-4,7-8H,1,5-6,9-18H2. The molecule has 0 aliphatic carbocycles. The van der Waals surface area contributed by atoms with Crippen LogP contribution in [0.2, 0.25) is 0 Å². The number of likely N-dealkylation sites (tertiary alicyclic amines) is 2. The van der Waals surface area contributed by atoms with Crippen LogP contribution in [0.3, 0.4) is 0 Å². The molecule has 2 fully saturated rings. The van der Waals surface area contributed by atoms with Gasteiger partial charge >= 0.3 is 0 Å². The van der Waals surface area contributed by atoms with Crippen LogP contribution in [0.4, 0.5) is 0 Å². The molecule has 6 nitrogen and oxygen atoms in total. The van der Waals surface area contributed by atoms with Gasteiger partial charge in [-0.2, -0.15) is 0 Å². The van der Waals surface area contributed by atoms with Gasteiger partial charge in [0.05, 0.1) is 13.1 Å². The largest absolute Gasteiger partial charge is 0.485 e. The molecule has 3 aliphatic heterocycles. The third-order valence-corrected chi connectivity index (χ3v) is 6.37. The summed E-state index contributed by atoms with van der Waals surface area (Å²) in [5.41, 5.74) is 0.658. The van der Waals surface area contributed by atoms with Crippen molar-refractivity contribution in [3.63, 3.8) is 0 Å². The molecular formula is C23H31N3O3. The van der Waals surface area contributed by atoms with Crippen LogP contribution in [0.5, 0.6) is 5.75 Å². The maximum atomic E-state index is 13.2. The SMILES string of the molecule is C=CCN1CCCC2(CC1)CN(C(=O)CN1CCCC1=O)Cc1ccccc1O2. The predicted molar refractivity (Wildman–Crippen MR) is 112 cm³/mol. The molecule has 3 heterocycles. The third kappa shape index (κ3) is 4.47. The van der Waals surface area contributed by atoms with Crippen LogP contribution in [0.1, 0.15) is 37.7 Å². The molecule has 156 valence electrons. The number of carbonyl (C=O) groups excluding carboxylic acids is 2. The number of para-hydroxylation sites is 1. The lowest BCUT2D eigenvalue weighted by Gasteiger charge is -2.36. The van der Waals surface area contributed by atoms with Crippen molar-refractivity contribution in [2.45, 2.75) is 44.2 Å². The van der Waals surface area contributed by atoms with Gasteiger partial charge in [-0.25, -0.2) is 0 Å². The summed E-state index contributed by atoms with van der Waals surface area (Å²) in [6, 6.07) is 8.04. The molecule has 3 aliphatic rings. The molecule has 0 aromatic heterocycles. The van der Waals surface area contributed by atoms with E-state index in [9.17, 15) is 9.59 Å². The van der Waals surface area contributed by atoms with Crippen molar-refractivity contribution in [2.24, 2.45) is 0 Å². The van der Waals surface area contributed by atoms with Gasteiger partial charge in [-0.05, 0) is 31.9 Å². The summed E-state index contributed by atoms with van der Waals surface area (Å²) in [6.45, 7) is 8.68. The number of rotatable bonds is 4. The Morgan fingerprint density at radius 1 is 1.17 bits per heavy atom. The average Bonchev–Trinajstić information content (AvgIpc) is 2.92. The fraction of sp³-hybridized carbons (Fsp3) is 0.565. The Morgan fingerprint density at radius 3 is 2.83 bits per heavy atom. The lowest BCUT2D eigenvalue weighted by molar-refractivity contribution is -0.140. The summed E-state index contributed by atoms with van der Waals surface area (Å²) >= 11 is 0. The van der Waals surface area contributed by atoms with E-state index in [1.165, 1.54) is 0 Å². The monoisotopic (exact) mass is 397 g/mol. The normalized spacial score (nSPS) is 25.3. The molecule has 1 unspecified atom stereocenters. The van der Waals surface area contributed by atoms with Gasteiger partial charge in [0.1, 0.15) is 11.4 Å². The minimum absolute atomic E-state index is 0.0205. The summed E-state index contributed by atoms with van der Waals surface area (Å²) in [4.78, 5) is 31.2. The highest BCUT2D eigenvalue weighted by molar-refractivity contribution is 5.86. The number of fused-ring (bicyclic) bond motifs is 1. The van der Waals surface area contributed by atoms with E-state index in [0.717, 1.165) is 56.6 Å². The van der Waals surface area contributed by atoms with E-state index in [0.29, 0.717) is 26.1 Å². The van der Waals surface area contributed by atoms with Gasteiger partial charge in [0.25, 0.3) is 0 Å². The molecule has 4 rings (SSSR count). The zero-order valence-corrected chi connectivity index (χ0v) is 17.1. The van der Waals surface area contributed by atoms with Crippen LogP contribution in [-0.2, 0) is 16.1 Å². The Kier molecular flexibility index (Phi) is 5.90. The van der Waals surface area contributed by atoms with Crippen LogP contribution in [0.25, 0.3) is 0 Å². The first-order chi connectivity index (χ1) is 14.1. The van der Waals surface area contributed by atoms with Gasteiger partial charge in [-0.3, -0.25) is 14.5 Å². The quantitative estimate of drug-likeness (QED) is 0.733. The van der Waals surface area contributed by atoms with Crippen molar-refractivity contribution in [3.8, 4) is 5.75 Å². The lowest BCUT2D eigenvalue weighted by atomic mass is 9.93. The number of carbonyl (C=O) groups is 2. The fourth-order valence-corrected chi connectivity index (χ4v) is 4.77. The van der Waals surface area contributed by atoms with Crippen molar-refractivity contribution >= 4 is 11.8 Å². The molecule has 2 saturated heterocycles. The number of ether oxygens (including phenoxy) is 1. The molecule has 1 aromatic carbocycles. The van der Waals surface area contributed by atoms with Gasteiger partial charge in [0.2, 0.25) is 11.8 Å². The molecule has 0 saturated carbocycles. The Balaban J connectivity index is 1.56. The number of benzene rings is 1. The van der Waals surface area contributed by atoms with Crippen molar-refractivity contribution in [3.05, 3.63) is 42.5 Å². The highest BCUT2D eigenvalue weighted by Crippen LogP contribution is 2.35. The Morgan fingerprint density at radius 2 is 2.03 bits per heavy atom. The van der Waals surface area contributed by atoms with E-state index >= 15 is 0 Å². The summed E-state index contributed by atoms with van der Waals surface area (Å²) in [7, 11) is 0. The molecule has 1 aromatic rings. The molecule has 0 N–H and O–H groups in total. The lowest BCUT2D eigenvalue weighted by Crippen LogP contribution is -2.50. The maximum Gasteiger partial charge on any atom is 0.242 e. The fourth-order valence-electron chi connectivity index (χ4n) is 4.77.